The molecule has 0 radical (unpaired) electrons. The molecule has 1 aromatic heterocycles. The van der Waals surface area contributed by atoms with Crippen LogP contribution in [0, 0.1) is 0 Å². The Labute approximate surface area is 184 Å². The zero-order valence-electron chi connectivity index (χ0n) is 17.1. The SMILES string of the molecule is CCOC(=O)Oc1[nH]c2ccc(S(=O)(=O)Nc3ccc(C(C)(C)C)cc3)cc2c1Br. The molecule has 160 valence electrons. The van der Waals surface area contributed by atoms with E-state index in [0.717, 1.165) is 5.56 Å². The predicted molar refractivity (Wildman–Crippen MR) is 120 cm³/mol. The third-order valence-corrected chi connectivity index (χ3v) is 6.60. The number of sulfonamides is 1. The zero-order valence-corrected chi connectivity index (χ0v) is 19.5. The number of carbonyl (C=O) groups is 1. The van der Waals surface area contributed by atoms with E-state index in [1.807, 2.05) is 12.1 Å². The highest BCUT2D eigenvalue weighted by molar-refractivity contribution is 9.10. The summed E-state index contributed by atoms with van der Waals surface area (Å²) in [5.41, 5.74) is 2.17. The van der Waals surface area contributed by atoms with Crippen LogP contribution in [0.5, 0.6) is 5.88 Å². The second-order valence-corrected chi connectivity index (χ2v) is 10.2. The van der Waals surface area contributed by atoms with Gasteiger partial charge in [-0.1, -0.05) is 32.9 Å². The van der Waals surface area contributed by atoms with Gasteiger partial charge in [-0.05, 0) is 64.2 Å². The number of anilines is 1. The van der Waals surface area contributed by atoms with E-state index in [2.05, 4.69) is 46.4 Å². The van der Waals surface area contributed by atoms with Gasteiger partial charge in [0.05, 0.1) is 16.0 Å². The molecule has 1 heterocycles. The highest BCUT2D eigenvalue weighted by Gasteiger charge is 2.20. The number of nitrogens with one attached hydrogen (secondary N) is 2. The zero-order chi connectivity index (χ0) is 22.1. The number of ether oxygens (including phenoxy) is 2. The molecule has 2 aromatic carbocycles. The first-order valence-electron chi connectivity index (χ1n) is 9.30. The summed E-state index contributed by atoms with van der Waals surface area (Å²) in [6.07, 6.45) is -0.849. The smallest absolute Gasteiger partial charge is 0.434 e. The summed E-state index contributed by atoms with van der Waals surface area (Å²) in [7, 11) is -3.81. The van der Waals surface area contributed by atoms with Crippen LogP contribution in [-0.2, 0) is 20.2 Å². The van der Waals surface area contributed by atoms with Crippen LogP contribution >= 0.6 is 15.9 Å². The van der Waals surface area contributed by atoms with Crippen molar-refractivity contribution in [2.24, 2.45) is 0 Å². The standard InChI is InChI=1S/C21H23BrN2O5S/c1-5-28-20(25)29-19-18(22)16-12-15(10-11-17(16)23-19)30(26,27)24-14-8-6-13(7-9-14)21(2,3)4/h6-12,23-24H,5H2,1-4H3. The summed E-state index contributed by atoms with van der Waals surface area (Å²) < 4.78 is 38.6. The lowest BCUT2D eigenvalue weighted by molar-refractivity contribution is 0.103. The molecule has 0 aliphatic carbocycles. The number of hydrogen-bond acceptors (Lipinski definition) is 5. The maximum atomic E-state index is 12.9. The molecule has 0 saturated heterocycles. The maximum absolute atomic E-state index is 12.9. The Morgan fingerprint density at radius 2 is 1.80 bits per heavy atom. The summed E-state index contributed by atoms with van der Waals surface area (Å²) in [5.74, 6) is 0.142. The predicted octanol–water partition coefficient (Wildman–Crippen LogP) is 5.56. The number of aromatic nitrogens is 1. The molecule has 9 heteroatoms. The van der Waals surface area contributed by atoms with E-state index < -0.39 is 16.2 Å². The first-order chi connectivity index (χ1) is 14.0. The van der Waals surface area contributed by atoms with Crippen LogP contribution < -0.4 is 9.46 Å². The van der Waals surface area contributed by atoms with Gasteiger partial charge in [-0.3, -0.25) is 4.72 Å². The Hall–Kier alpha value is -2.52. The van der Waals surface area contributed by atoms with Crippen molar-refractivity contribution in [2.75, 3.05) is 11.3 Å². The van der Waals surface area contributed by atoms with Gasteiger partial charge in [-0.15, -0.1) is 0 Å². The van der Waals surface area contributed by atoms with E-state index >= 15 is 0 Å². The Kier molecular flexibility index (Phi) is 6.14. The number of carbonyl (C=O) groups excluding carboxylic acids is 1. The van der Waals surface area contributed by atoms with Crippen molar-refractivity contribution in [3.8, 4) is 5.88 Å². The minimum atomic E-state index is -3.81. The second-order valence-electron chi connectivity index (χ2n) is 7.69. The lowest BCUT2D eigenvalue weighted by Gasteiger charge is -2.19. The topological polar surface area (TPSA) is 97.5 Å². The largest absolute Gasteiger partial charge is 0.515 e. The molecule has 0 bridgehead atoms. The highest BCUT2D eigenvalue weighted by Crippen LogP contribution is 2.35. The number of hydrogen-bond donors (Lipinski definition) is 2. The fraction of sp³-hybridized carbons (Fsp3) is 0.286. The molecule has 0 saturated carbocycles. The van der Waals surface area contributed by atoms with Crippen LogP contribution in [0.4, 0.5) is 10.5 Å². The average Bonchev–Trinajstić information content (AvgIpc) is 2.96. The molecule has 0 fully saturated rings. The molecular formula is C21H23BrN2O5S. The van der Waals surface area contributed by atoms with Gasteiger partial charge in [-0.25, -0.2) is 13.2 Å². The minimum absolute atomic E-state index is 0.0215. The Morgan fingerprint density at radius 1 is 1.13 bits per heavy atom. The fourth-order valence-electron chi connectivity index (χ4n) is 2.83. The third-order valence-electron chi connectivity index (χ3n) is 4.44. The number of benzene rings is 2. The van der Waals surface area contributed by atoms with E-state index in [4.69, 9.17) is 9.47 Å². The van der Waals surface area contributed by atoms with Crippen LogP contribution in [0.1, 0.15) is 33.3 Å². The Morgan fingerprint density at radius 3 is 2.40 bits per heavy atom. The summed E-state index contributed by atoms with van der Waals surface area (Å²) in [5, 5.41) is 0.556. The molecule has 30 heavy (non-hydrogen) atoms. The van der Waals surface area contributed by atoms with Crippen molar-refractivity contribution in [1.82, 2.24) is 4.98 Å². The first-order valence-corrected chi connectivity index (χ1v) is 11.6. The molecular weight excluding hydrogens is 472 g/mol. The summed E-state index contributed by atoms with van der Waals surface area (Å²) in [6, 6.07) is 11.9. The van der Waals surface area contributed by atoms with E-state index in [1.54, 1.807) is 25.1 Å². The number of halogens is 1. The van der Waals surface area contributed by atoms with Crippen LogP contribution in [0.2, 0.25) is 0 Å². The summed E-state index contributed by atoms with van der Waals surface area (Å²) in [4.78, 5) is 14.6. The quantitative estimate of drug-likeness (QED) is 0.452. The van der Waals surface area contributed by atoms with Crippen LogP contribution in [0.25, 0.3) is 10.9 Å². The second kappa shape index (κ2) is 8.31. The van der Waals surface area contributed by atoms with Gasteiger partial charge in [0.25, 0.3) is 10.0 Å². The number of H-pyrrole nitrogens is 1. The normalized spacial score (nSPS) is 12.0. The molecule has 7 nitrogen and oxygen atoms in total. The molecule has 2 N–H and O–H groups in total. The monoisotopic (exact) mass is 494 g/mol. The van der Waals surface area contributed by atoms with Crippen molar-refractivity contribution in [1.29, 1.82) is 0 Å². The van der Waals surface area contributed by atoms with Gasteiger partial charge in [0.2, 0.25) is 5.88 Å². The van der Waals surface area contributed by atoms with Crippen molar-refractivity contribution >= 4 is 48.7 Å². The van der Waals surface area contributed by atoms with Gasteiger partial charge in [0.15, 0.2) is 0 Å². The van der Waals surface area contributed by atoms with E-state index in [1.165, 1.54) is 12.1 Å². The average molecular weight is 495 g/mol. The summed E-state index contributed by atoms with van der Waals surface area (Å²) >= 11 is 3.35. The number of fused-ring (bicyclic) bond motifs is 1. The lowest BCUT2D eigenvalue weighted by atomic mass is 9.87. The van der Waals surface area contributed by atoms with Gasteiger partial charge < -0.3 is 14.5 Å². The van der Waals surface area contributed by atoms with Gasteiger partial charge in [-0.2, -0.15) is 0 Å². The molecule has 0 unspecified atom stereocenters. The molecule has 3 rings (SSSR count). The van der Waals surface area contributed by atoms with Gasteiger partial charge >= 0.3 is 6.16 Å². The molecule has 0 spiro atoms. The number of rotatable bonds is 5. The van der Waals surface area contributed by atoms with E-state index in [-0.39, 0.29) is 22.8 Å². The Bertz CT molecular complexity index is 1180. The minimum Gasteiger partial charge on any atom is -0.434 e. The van der Waals surface area contributed by atoms with Gasteiger partial charge in [0.1, 0.15) is 0 Å². The molecule has 3 aromatic rings. The number of aromatic amines is 1. The maximum Gasteiger partial charge on any atom is 0.515 e. The van der Waals surface area contributed by atoms with Crippen molar-refractivity contribution in [3.63, 3.8) is 0 Å². The van der Waals surface area contributed by atoms with Crippen molar-refractivity contribution < 1.29 is 22.7 Å². The van der Waals surface area contributed by atoms with Crippen LogP contribution in [0.3, 0.4) is 0 Å². The molecule has 0 amide bonds. The van der Waals surface area contributed by atoms with Crippen molar-refractivity contribution in [3.05, 3.63) is 52.5 Å². The van der Waals surface area contributed by atoms with E-state index in [0.29, 0.717) is 21.1 Å². The van der Waals surface area contributed by atoms with Crippen LogP contribution in [-0.4, -0.2) is 26.2 Å². The third kappa shape index (κ3) is 4.79. The fourth-order valence-corrected chi connectivity index (χ4v) is 4.43. The molecule has 0 atom stereocenters. The lowest BCUT2D eigenvalue weighted by Crippen LogP contribution is -2.14. The van der Waals surface area contributed by atoms with Crippen LogP contribution in [0.15, 0.2) is 51.8 Å². The highest BCUT2D eigenvalue weighted by atomic mass is 79.9. The molecule has 0 aliphatic heterocycles. The van der Waals surface area contributed by atoms with Gasteiger partial charge in [0, 0.05) is 16.6 Å². The van der Waals surface area contributed by atoms with E-state index in [9.17, 15) is 13.2 Å². The van der Waals surface area contributed by atoms with Crippen molar-refractivity contribution in [2.45, 2.75) is 38.0 Å². The Balaban J connectivity index is 1.88. The first kappa shape index (κ1) is 22.2. The summed E-state index contributed by atoms with van der Waals surface area (Å²) in [6.45, 7) is 8.13. The molecule has 0 aliphatic rings.